The van der Waals surface area contributed by atoms with E-state index in [2.05, 4.69) is 21.3 Å². The molecule has 3 aliphatic carbocycles. The second-order valence-electron chi connectivity index (χ2n) is 10.6. The zero-order valence-corrected chi connectivity index (χ0v) is 19.0. The lowest BCUT2D eigenvalue weighted by Gasteiger charge is -2.39. The van der Waals surface area contributed by atoms with E-state index >= 15 is 0 Å². The third-order valence-corrected chi connectivity index (χ3v) is 8.75. The Morgan fingerprint density at radius 2 is 1.88 bits per heavy atom. The van der Waals surface area contributed by atoms with Crippen molar-refractivity contribution in [3.8, 4) is 0 Å². The van der Waals surface area contributed by atoms with Gasteiger partial charge in [-0.2, -0.15) is 5.10 Å². The van der Waals surface area contributed by atoms with E-state index in [1.165, 1.54) is 63.4 Å². The van der Waals surface area contributed by atoms with Crippen LogP contribution >= 0.6 is 0 Å². The van der Waals surface area contributed by atoms with Gasteiger partial charge in [-0.3, -0.25) is 14.5 Å². The highest BCUT2D eigenvalue weighted by Crippen LogP contribution is 2.52. The van der Waals surface area contributed by atoms with Gasteiger partial charge in [0.15, 0.2) is 0 Å². The summed E-state index contributed by atoms with van der Waals surface area (Å²) in [5, 5.41) is 7.77. The van der Waals surface area contributed by atoms with Gasteiger partial charge in [0.2, 0.25) is 0 Å². The van der Waals surface area contributed by atoms with Gasteiger partial charge in [0.05, 0.1) is 23.4 Å². The van der Waals surface area contributed by atoms with Crippen LogP contribution in [0.2, 0.25) is 0 Å². The first-order chi connectivity index (χ1) is 15.8. The SMILES string of the molecule is O=C(NC1CCOCC1)C1=C2C1=NC1CCCCC1C2CC1CCC(n2cccn2)CC1. The van der Waals surface area contributed by atoms with Crippen LogP contribution in [0.4, 0.5) is 0 Å². The third kappa shape index (κ3) is 3.95. The Bertz CT molecular complexity index is 891. The van der Waals surface area contributed by atoms with E-state index in [1.807, 2.05) is 12.3 Å². The van der Waals surface area contributed by atoms with Crippen molar-refractivity contribution in [3.63, 3.8) is 0 Å². The molecule has 1 aromatic heterocycles. The van der Waals surface area contributed by atoms with Crippen molar-refractivity contribution in [1.29, 1.82) is 0 Å². The molecule has 0 bridgehead atoms. The Morgan fingerprint density at radius 1 is 1.06 bits per heavy atom. The summed E-state index contributed by atoms with van der Waals surface area (Å²) in [7, 11) is 0. The van der Waals surface area contributed by atoms with Crippen molar-refractivity contribution in [2.45, 2.75) is 88.8 Å². The quantitative estimate of drug-likeness (QED) is 0.751. The van der Waals surface area contributed by atoms with Gasteiger partial charge in [-0.15, -0.1) is 0 Å². The minimum Gasteiger partial charge on any atom is -0.381 e. The van der Waals surface area contributed by atoms with E-state index in [0.717, 1.165) is 43.3 Å². The molecule has 1 N–H and O–H groups in total. The molecule has 172 valence electrons. The van der Waals surface area contributed by atoms with E-state index in [4.69, 9.17) is 9.73 Å². The maximum absolute atomic E-state index is 13.2. The van der Waals surface area contributed by atoms with E-state index < -0.39 is 0 Å². The molecule has 2 aliphatic heterocycles. The van der Waals surface area contributed by atoms with Crippen molar-refractivity contribution >= 4 is 11.6 Å². The molecule has 6 heteroatoms. The molecule has 2 saturated carbocycles. The first kappa shape index (κ1) is 20.6. The average molecular weight is 437 g/mol. The van der Waals surface area contributed by atoms with E-state index in [9.17, 15) is 4.79 Å². The van der Waals surface area contributed by atoms with Gasteiger partial charge in [-0.1, -0.05) is 12.8 Å². The summed E-state index contributed by atoms with van der Waals surface area (Å²) < 4.78 is 7.61. The second kappa shape index (κ2) is 8.77. The highest BCUT2D eigenvalue weighted by Gasteiger charge is 2.51. The van der Waals surface area contributed by atoms with Crippen LogP contribution in [0.15, 0.2) is 34.6 Å². The number of carbonyl (C=O) groups is 1. The van der Waals surface area contributed by atoms with E-state index in [1.54, 1.807) is 0 Å². The number of nitrogens with zero attached hydrogens (tertiary/aromatic N) is 3. The lowest BCUT2D eigenvalue weighted by Crippen LogP contribution is -2.38. The van der Waals surface area contributed by atoms with E-state index in [0.29, 0.717) is 23.9 Å². The smallest absolute Gasteiger partial charge is 0.254 e. The Morgan fingerprint density at radius 3 is 2.66 bits per heavy atom. The highest BCUT2D eigenvalue weighted by atomic mass is 16.5. The van der Waals surface area contributed by atoms with Crippen LogP contribution < -0.4 is 5.32 Å². The number of ether oxygens (including phenoxy) is 1. The molecule has 3 heterocycles. The van der Waals surface area contributed by atoms with Gasteiger partial charge in [0.1, 0.15) is 0 Å². The number of carbonyl (C=O) groups excluding carboxylic acids is 1. The minimum atomic E-state index is 0.136. The molecule has 32 heavy (non-hydrogen) atoms. The molecule has 3 fully saturated rings. The molecule has 6 nitrogen and oxygen atoms in total. The topological polar surface area (TPSA) is 68.5 Å². The molecular formula is C26H36N4O2. The predicted octanol–water partition coefficient (Wildman–Crippen LogP) is 4.24. The normalized spacial score (nSPS) is 35.0. The second-order valence-corrected chi connectivity index (χ2v) is 10.6. The van der Waals surface area contributed by atoms with Gasteiger partial charge in [-0.05, 0) is 87.2 Å². The van der Waals surface area contributed by atoms with Crippen LogP contribution in [0.5, 0.6) is 0 Å². The van der Waals surface area contributed by atoms with Gasteiger partial charge in [-0.25, -0.2) is 0 Å². The van der Waals surface area contributed by atoms with Crippen LogP contribution in [0, 0.1) is 17.8 Å². The fourth-order valence-corrected chi connectivity index (χ4v) is 6.96. The number of nitrogens with one attached hydrogen (secondary N) is 1. The van der Waals surface area contributed by atoms with Gasteiger partial charge < -0.3 is 10.1 Å². The first-order valence-electron chi connectivity index (χ1n) is 13.0. The van der Waals surface area contributed by atoms with Crippen LogP contribution in [-0.2, 0) is 9.53 Å². The fraction of sp³-hybridized carbons (Fsp3) is 0.731. The summed E-state index contributed by atoms with van der Waals surface area (Å²) in [6.45, 7) is 1.51. The molecule has 6 rings (SSSR count). The summed E-state index contributed by atoms with van der Waals surface area (Å²) >= 11 is 0. The maximum Gasteiger partial charge on any atom is 0.254 e. The number of hydrogen-bond acceptors (Lipinski definition) is 4. The Hall–Kier alpha value is -1.95. The number of hydrogen-bond donors (Lipinski definition) is 1. The van der Waals surface area contributed by atoms with Crippen molar-refractivity contribution in [1.82, 2.24) is 15.1 Å². The lowest BCUT2D eigenvalue weighted by molar-refractivity contribution is -0.118. The summed E-state index contributed by atoms with van der Waals surface area (Å²) in [5.41, 5.74) is 3.39. The average Bonchev–Trinajstić information content (AvgIpc) is 3.28. The number of allylic oxidation sites excluding steroid dienone is 1. The number of fused-ring (bicyclic) bond motifs is 2. The number of rotatable bonds is 5. The number of amides is 1. The molecule has 0 radical (unpaired) electrons. The van der Waals surface area contributed by atoms with Crippen molar-refractivity contribution in [2.75, 3.05) is 13.2 Å². The zero-order valence-electron chi connectivity index (χ0n) is 19.0. The molecule has 1 aromatic rings. The molecule has 3 unspecified atom stereocenters. The molecule has 0 spiro atoms. The molecule has 3 atom stereocenters. The monoisotopic (exact) mass is 436 g/mol. The van der Waals surface area contributed by atoms with Crippen molar-refractivity contribution in [2.24, 2.45) is 22.7 Å². The Labute approximate surface area is 190 Å². The highest BCUT2D eigenvalue weighted by molar-refractivity contribution is 6.43. The summed E-state index contributed by atoms with van der Waals surface area (Å²) in [4.78, 5) is 18.3. The van der Waals surface area contributed by atoms with Gasteiger partial charge in [0.25, 0.3) is 5.91 Å². The molecule has 5 aliphatic rings. The maximum atomic E-state index is 13.2. The standard InChI is InChI=1S/C26H36N4O2/c31-26(28-18-10-14-32-15-11-18)24-23-21(20-4-1-2-5-22(20)29-25(23)24)16-17-6-8-19(9-7-17)30-13-3-12-27-30/h3,12-13,17-22H,1-2,4-11,14-16H2,(H,28,31). The van der Waals surface area contributed by atoms with E-state index in [-0.39, 0.29) is 11.9 Å². The van der Waals surface area contributed by atoms with Gasteiger partial charge >= 0.3 is 0 Å². The molecule has 1 amide bonds. The number of aromatic nitrogens is 2. The van der Waals surface area contributed by atoms with Crippen molar-refractivity contribution < 1.29 is 9.53 Å². The predicted molar refractivity (Wildman–Crippen MR) is 124 cm³/mol. The molecule has 1 saturated heterocycles. The number of aliphatic imine (C=N–C) groups is 1. The van der Waals surface area contributed by atoms with Crippen LogP contribution in [-0.4, -0.2) is 46.7 Å². The minimum absolute atomic E-state index is 0.136. The lowest BCUT2D eigenvalue weighted by atomic mass is 9.69. The van der Waals surface area contributed by atoms with Crippen LogP contribution in [0.3, 0.4) is 0 Å². The Kier molecular flexibility index (Phi) is 5.66. The third-order valence-electron chi connectivity index (χ3n) is 8.75. The largest absolute Gasteiger partial charge is 0.381 e. The molecule has 0 aromatic carbocycles. The van der Waals surface area contributed by atoms with Crippen LogP contribution in [0.1, 0.15) is 76.7 Å². The molecular weight excluding hydrogens is 400 g/mol. The summed E-state index contributed by atoms with van der Waals surface area (Å²) in [5.74, 6) is 2.10. The van der Waals surface area contributed by atoms with Crippen molar-refractivity contribution in [3.05, 3.63) is 29.6 Å². The fourth-order valence-electron chi connectivity index (χ4n) is 6.96. The van der Waals surface area contributed by atoms with Crippen LogP contribution in [0.25, 0.3) is 0 Å². The van der Waals surface area contributed by atoms with Gasteiger partial charge in [0, 0.05) is 31.6 Å². The summed E-state index contributed by atoms with van der Waals surface area (Å²) in [6, 6.07) is 3.30. The first-order valence-corrected chi connectivity index (χ1v) is 13.0. The zero-order chi connectivity index (χ0) is 21.5. The summed E-state index contributed by atoms with van der Waals surface area (Å²) in [6.07, 6.45) is 17.2. The Balaban J connectivity index is 1.15.